The Balaban J connectivity index is 2.16. The number of unbranched alkanes of at least 4 members (excludes halogenated alkanes) is 7. The number of rotatable bonds is 9. The third kappa shape index (κ3) is 5.92. The van der Waals surface area contributed by atoms with Crippen LogP contribution >= 0.6 is 0 Å². The minimum absolute atomic E-state index is 0.293. The predicted molar refractivity (Wildman–Crippen MR) is 81.8 cm³/mol. The summed E-state index contributed by atoms with van der Waals surface area (Å²) in [5, 5.41) is 0. The Morgan fingerprint density at radius 1 is 1.10 bits per heavy atom. The first-order chi connectivity index (χ1) is 9.65. The Morgan fingerprint density at radius 2 is 1.70 bits per heavy atom. The molecule has 1 rings (SSSR count). The molecule has 4 heteroatoms. The number of terminal acetylenes is 1. The van der Waals surface area contributed by atoms with Gasteiger partial charge in [-0.25, -0.2) is 4.79 Å². The van der Waals surface area contributed by atoms with E-state index in [4.69, 9.17) is 6.42 Å². The van der Waals surface area contributed by atoms with E-state index in [1.165, 1.54) is 25.7 Å². The zero-order valence-corrected chi connectivity index (χ0v) is 12.3. The molecule has 1 heterocycles. The minimum Gasteiger partial charge on any atom is -0.300 e. The van der Waals surface area contributed by atoms with Crippen LogP contribution in [0.1, 0.15) is 56.9 Å². The van der Waals surface area contributed by atoms with Gasteiger partial charge in [-0.05, 0) is 19.8 Å². The zero-order chi connectivity index (χ0) is 14.8. The van der Waals surface area contributed by atoms with E-state index < -0.39 is 0 Å². The van der Waals surface area contributed by atoms with Gasteiger partial charge in [-0.3, -0.25) is 9.78 Å². The summed E-state index contributed by atoms with van der Waals surface area (Å²) in [5.74, 6) is 2.65. The van der Waals surface area contributed by atoms with Crippen LogP contribution in [0.5, 0.6) is 0 Å². The molecule has 0 saturated heterocycles. The molecule has 0 bridgehead atoms. The van der Waals surface area contributed by atoms with Crippen LogP contribution in [0.4, 0.5) is 0 Å². The standard InChI is InChI=1S/C16H24N2O2/c1-3-4-5-6-7-8-9-10-11-12-18-13-14(2)15(19)17-16(18)20/h1,13H,4-12H2,2H3,(H,17,19,20). The van der Waals surface area contributed by atoms with Crippen LogP contribution in [0.15, 0.2) is 15.8 Å². The van der Waals surface area contributed by atoms with Gasteiger partial charge in [-0.2, -0.15) is 0 Å². The minimum atomic E-state index is -0.310. The summed E-state index contributed by atoms with van der Waals surface area (Å²) in [6.07, 6.45) is 15.8. The van der Waals surface area contributed by atoms with Gasteiger partial charge in [0.05, 0.1) is 0 Å². The van der Waals surface area contributed by atoms with Gasteiger partial charge < -0.3 is 4.57 Å². The second-order valence-corrected chi connectivity index (χ2v) is 5.19. The maximum atomic E-state index is 11.6. The molecule has 0 atom stereocenters. The van der Waals surface area contributed by atoms with Crippen LogP contribution in [0, 0.1) is 19.3 Å². The van der Waals surface area contributed by atoms with Gasteiger partial charge in [-0.1, -0.05) is 32.1 Å². The van der Waals surface area contributed by atoms with Gasteiger partial charge in [0.15, 0.2) is 0 Å². The zero-order valence-electron chi connectivity index (χ0n) is 12.3. The third-order valence-corrected chi connectivity index (χ3v) is 3.41. The van der Waals surface area contributed by atoms with E-state index in [0.29, 0.717) is 12.1 Å². The lowest BCUT2D eigenvalue weighted by molar-refractivity contribution is 0.533. The van der Waals surface area contributed by atoms with E-state index in [9.17, 15) is 9.59 Å². The molecular formula is C16H24N2O2. The highest BCUT2D eigenvalue weighted by Gasteiger charge is 2.00. The summed E-state index contributed by atoms with van der Waals surface area (Å²) in [6.45, 7) is 2.39. The van der Waals surface area contributed by atoms with Crippen molar-refractivity contribution in [3.63, 3.8) is 0 Å². The Labute approximate surface area is 120 Å². The highest BCUT2D eigenvalue weighted by molar-refractivity contribution is 5.00. The van der Waals surface area contributed by atoms with Crippen molar-refractivity contribution in [2.24, 2.45) is 0 Å². The van der Waals surface area contributed by atoms with Gasteiger partial charge >= 0.3 is 5.69 Å². The van der Waals surface area contributed by atoms with Crippen LogP contribution in [-0.4, -0.2) is 9.55 Å². The second-order valence-electron chi connectivity index (χ2n) is 5.19. The van der Waals surface area contributed by atoms with E-state index >= 15 is 0 Å². The number of nitrogens with one attached hydrogen (secondary N) is 1. The molecule has 0 aromatic carbocycles. The van der Waals surface area contributed by atoms with Gasteiger partial charge in [0, 0.05) is 24.7 Å². The number of aromatic nitrogens is 2. The molecule has 20 heavy (non-hydrogen) atoms. The Morgan fingerprint density at radius 3 is 2.35 bits per heavy atom. The first-order valence-corrected chi connectivity index (χ1v) is 7.39. The summed E-state index contributed by atoms with van der Waals surface area (Å²) < 4.78 is 1.59. The molecule has 4 nitrogen and oxygen atoms in total. The fourth-order valence-electron chi connectivity index (χ4n) is 2.18. The monoisotopic (exact) mass is 276 g/mol. The summed E-state index contributed by atoms with van der Waals surface area (Å²) in [7, 11) is 0. The molecule has 0 aliphatic rings. The molecule has 0 spiro atoms. The van der Waals surface area contributed by atoms with E-state index in [1.807, 2.05) is 0 Å². The molecule has 1 aromatic heterocycles. The number of H-pyrrole nitrogens is 1. The van der Waals surface area contributed by atoms with Gasteiger partial charge in [0.2, 0.25) is 0 Å². The Bertz CT molecular complexity index is 549. The first-order valence-electron chi connectivity index (χ1n) is 7.39. The molecular weight excluding hydrogens is 252 g/mol. The Hall–Kier alpha value is -1.76. The fourth-order valence-corrected chi connectivity index (χ4v) is 2.18. The van der Waals surface area contributed by atoms with Crippen LogP contribution in [0.3, 0.4) is 0 Å². The van der Waals surface area contributed by atoms with Crippen molar-refractivity contribution in [3.8, 4) is 12.3 Å². The van der Waals surface area contributed by atoms with Crippen molar-refractivity contribution in [2.45, 2.75) is 64.8 Å². The highest BCUT2D eigenvalue weighted by atomic mass is 16.2. The van der Waals surface area contributed by atoms with Crippen LogP contribution < -0.4 is 11.2 Å². The topological polar surface area (TPSA) is 54.9 Å². The number of hydrogen-bond donors (Lipinski definition) is 1. The second kappa shape index (κ2) is 9.19. The van der Waals surface area contributed by atoms with E-state index in [-0.39, 0.29) is 11.2 Å². The molecule has 0 unspecified atom stereocenters. The van der Waals surface area contributed by atoms with Crippen LogP contribution in [-0.2, 0) is 6.54 Å². The SMILES string of the molecule is C#CCCCCCCCCCn1cc(C)c(=O)[nH]c1=O. The van der Waals surface area contributed by atoms with Crippen molar-refractivity contribution >= 4 is 0 Å². The fraction of sp³-hybridized carbons (Fsp3) is 0.625. The van der Waals surface area contributed by atoms with Gasteiger partial charge in [0.25, 0.3) is 5.56 Å². The van der Waals surface area contributed by atoms with Crippen LogP contribution in [0.25, 0.3) is 0 Å². The number of hydrogen-bond acceptors (Lipinski definition) is 2. The smallest absolute Gasteiger partial charge is 0.300 e. The molecule has 110 valence electrons. The Kier molecular flexibility index (Phi) is 7.49. The molecule has 0 radical (unpaired) electrons. The normalized spacial score (nSPS) is 10.4. The summed E-state index contributed by atoms with van der Waals surface area (Å²) in [4.78, 5) is 25.1. The molecule has 0 aliphatic heterocycles. The van der Waals surface area contributed by atoms with Crippen molar-refractivity contribution in [1.82, 2.24) is 9.55 Å². The summed E-state index contributed by atoms with van der Waals surface area (Å²) >= 11 is 0. The maximum absolute atomic E-state index is 11.6. The molecule has 1 N–H and O–H groups in total. The van der Waals surface area contributed by atoms with E-state index in [1.54, 1.807) is 17.7 Å². The molecule has 0 aliphatic carbocycles. The quantitative estimate of drug-likeness (QED) is 0.557. The summed E-state index contributed by atoms with van der Waals surface area (Å²) in [5.41, 5.74) is -0.0220. The molecule has 0 saturated carbocycles. The molecule has 0 fully saturated rings. The van der Waals surface area contributed by atoms with Crippen molar-refractivity contribution in [1.29, 1.82) is 0 Å². The molecule has 0 amide bonds. The third-order valence-electron chi connectivity index (χ3n) is 3.41. The number of aryl methyl sites for hydroxylation is 2. The van der Waals surface area contributed by atoms with Crippen molar-refractivity contribution in [3.05, 3.63) is 32.6 Å². The lowest BCUT2D eigenvalue weighted by Crippen LogP contribution is -2.30. The van der Waals surface area contributed by atoms with Gasteiger partial charge in [0.1, 0.15) is 0 Å². The van der Waals surface area contributed by atoms with E-state index in [2.05, 4.69) is 10.9 Å². The lowest BCUT2D eigenvalue weighted by atomic mass is 10.1. The number of nitrogens with zero attached hydrogens (tertiary/aromatic N) is 1. The number of aromatic amines is 1. The average molecular weight is 276 g/mol. The summed E-state index contributed by atoms with van der Waals surface area (Å²) in [6, 6.07) is 0. The average Bonchev–Trinajstić information content (AvgIpc) is 2.42. The maximum Gasteiger partial charge on any atom is 0.328 e. The van der Waals surface area contributed by atoms with Crippen molar-refractivity contribution in [2.75, 3.05) is 0 Å². The lowest BCUT2D eigenvalue weighted by Gasteiger charge is -2.05. The molecule has 1 aromatic rings. The van der Waals surface area contributed by atoms with E-state index in [0.717, 1.165) is 25.7 Å². The predicted octanol–water partition coefficient (Wildman–Crippen LogP) is 2.60. The largest absolute Gasteiger partial charge is 0.328 e. The van der Waals surface area contributed by atoms with Gasteiger partial charge in [-0.15, -0.1) is 12.3 Å². The van der Waals surface area contributed by atoms with Crippen molar-refractivity contribution < 1.29 is 0 Å². The first kappa shape index (κ1) is 16.3. The highest BCUT2D eigenvalue weighted by Crippen LogP contribution is 2.08. The van der Waals surface area contributed by atoms with Crippen LogP contribution in [0.2, 0.25) is 0 Å².